The van der Waals surface area contributed by atoms with E-state index >= 15 is 0 Å². The fraction of sp³-hybridized carbons (Fsp3) is 0.316. The minimum absolute atomic E-state index is 0.0642. The van der Waals surface area contributed by atoms with Crippen LogP contribution in [0.4, 0.5) is 0 Å². The number of hydrogen-bond acceptors (Lipinski definition) is 4. The summed E-state index contributed by atoms with van der Waals surface area (Å²) in [6.45, 7) is 3.44. The predicted molar refractivity (Wildman–Crippen MR) is 97.1 cm³/mol. The Morgan fingerprint density at radius 1 is 1.12 bits per heavy atom. The summed E-state index contributed by atoms with van der Waals surface area (Å²) in [5, 5.41) is 0. The summed E-state index contributed by atoms with van der Waals surface area (Å²) in [6, 6.07) is 15.5. The van der Waals surface area contributed by atoms with Crippen molar-refractivity contribution in [3.05, 3.63) is 65.7 Å². The first-order valence-corrected chi connectivity index (χ1v) is 9.54. The lowest BCUT2D eigenvalue weighted by Crippen LogP contribution is -2.41. The van der Waals surface area contributed by atoms with E-state index in [-0.39, 0.29) is 17.2 Å². The van der Waals surface area contributed by atoms with Crippen LogP contribution < -0.4 is 4.72 Å². The minimum Gasteiger partial charge on any atom is -0.372 e. The Bertz CT molecular complexity index is 828. The summed E-state index contributed by atoms with van der Waals surface area (Å²) in [5.41, 5.74) is 0.506. The topological polar surface area (TPSA) is 72.5 Å². The Morgan fingerprint density at radius 3 is 2.36 bits per heavy atom. The Hall–Kier alpha value is -2.02. The summed E-state index contributed by atoms with van der Waals surface area (Å²) in [4.78, 5) is 11.5. The van der Waals surface area contributed by atoms with Crippen LogP contribution in [0.3, 0.4) is 0 Å². The lowest BCUT2D eigenvalue weighted by Gasteiger charge is -2.32. The smallest absolute Gasteiger partial charge is 0.240 e. The molecule has 5 nitrogen and oxygen atoms in total. The van der Waals surface area contributed by atoms with Crippen molar-refractivity contribution in [3.63, 3.8) is 0 Å². The maximum atomic E-state index is 12.6. The Balaban J connectivity index is 2.28. The van der Waals surface area contributed by atoms with Gasteiger partial charge in [0.2, 0.25) is 10.0 Å². The van der Waals surface area contributed by atoms with Gasteiger partial charge < -0.3 is 4.74 Å². The van der Waals surface area contributed by atoms with Gasteiger partial charge in [-0.3, -0.25) is 4.79 Å². The van der Waals surface area contributed by atoms with Gasteiger partial charge in [-0.05, 0) is 31.0 Å². The van der Waals surface area contributed by atoms with Crippen LogP contribution in [0.2, 0.25) is 0 Å². The third kappa shape index (κ3) is 4.34. The van der Waals surface area contributed by atoms with Crippen molar-refractivity contribution < 1.29 is 17.9 Å². The predicted octanol–water partition coefficient (Wildman–Crippen LogP) is 3.12. The number of methoxy groups -OCH3 is 1. The van der Waals surface area contributed by atoms with E-state index in [9.17, 15) is 13.2 Å². The van der Waals surface area contributed by atoms with Crippen LogP contribution in [0.1, 0.15) is 36.2 Å². The Labute approximate surface area is 149 Å². The molecule has 0 amide bonds. The van der Waals surface area contributed by atoms with Gasteiger partial charge in [0.05, 0.1) is 4.90 Å². The molecule has 25 heavy (non-hydrogen) atoms. The molecule has 0 aliphatic carbocycles. The summed E-state index contributed by atoms with van der Waals surface area (Å²) in [6.07, 6.45) is 0.601. The van der Waals surface area contributed by atoms with Gasteiger partial charge in [-0.1, -0.05) is 49.4 Å². The second kappa shape index (κ2) is 7.91. The van der Waals surface area contributed by atoms with Crippen LogP contribution in [-0.4, -0.2) is 27.9 Å². The number of benzene rings is 2. The number of nitrogens with one attached hydrogen (secondary N) is 1. The number of carbonyl (C=O) groups excluding carboxylic acids is 1. The van der Waals surface area contributed by atoms with E-state index in [0.717, 1.165) is 5.56 Å². The van der Waals surface area contributed by atoms with Gasteiger partial charge >= 0.3 is 0 Å². The maximum absolute atomic E-state index is 12.6. The molecule has 0 saturated carbocycles. The number of ketones is 1. The third-order valence-corrected chi connectivity index (χ3v) is 5.76. The highest BCUT2D eigenvalue weighted by Gasteiger charge is 2.32. The molecule has 2 rings (SSSR count). The first-order valence-electron chi connectivity index (χ1n) is 8.06. The standard InChI is InChI=1S/C19H23NO4S/c1-4-19(24-3,17-10-6-5-7-11-17)14-20-25(22,23)18-12-8-9-16(13-18)15(2)21/h5-13,20H,4,14H2,1-3H3/t19-/m1/s1. The van der Waals surface area contributed by atoms with Crippen LogP contribution in [0.25, 0.3) is 0 Å². The molecule has 1 atom stereocenters. The van der Waals surface area contributed by atoms with Crippen molar-refractivity contribution in [2.24, 2.45) is 0 Å². The molecule has 0 aliphatic rings. The average Bonchev–Trinajstić information content (AvgIpc) is 2.64. The van der Waals surface area contributed by atoms with Gasteiger partial charge in [0, 0.05) is 19.2 Å². The van der Waals surface area contributed by atoms with Crippen molar-refractivity contribution in [3.8, 4) is 0 Å². The highest BCUT2D eigenvalue weighted by molar-refractivity contribution is 7.89. The number of Topliss-reactive ketones (excluding diaryl/α,β-unsaturated/α-hetero) is 1. The molecule has 1 N–H and O–H groups in total. The SMILES string of the molecule is CC[C@](CNS(=O)(=O)c1cccc(C(C)=O)c1)(OC)c1ccccc1. The van der Waals surface area contributed by atoms with Crippen molar-refractivity contribution in [2.45, 2.75) is 30.8 Å². The van der Waals surface area contributed by atoms with E-state index in [4.69, 9.17) is 4.74 Å². The van der Waals surface area contributed by atoms with Crippen LogP contribution in [0.5, 0.6) is 0 Å². The van der Waals surface area contributed by atoms with Gasteiger partial charge in [-0.2, -0.15) is 0 Å². The van der Waals surface area contributed by atoms with Crippen LogP contribution in [-0.2, 0) is 20.4 Å². The molecule has 0 unspecified atom stereocenters. The zero-order valence-corrected chi connectivity index (χ0v) is 15.5. The fourth-order valence-corrected chi connectivity index (χ4v) is 3.81. The third-order valence-electron chi connectivity index (χ3n) is 4.36. The highest BCUT2D eigenvalue weighted by Crippen LogP contribution is 2.28. The first kappa shape index (κ1) is 19.3. The molecule has 0 aromatic heterocycles. The van der Waals surface area contributed by atoms with Gasteiger partial charge in [0.25, 0.3) is 0 Å². The number of hydrogen-bond donors (Lipinski definition) is 1. The average molecular weight is 361 g/mol. The zero-order chi connectivity index (χ0) is 18.5. The minimum atomic E-state index is -3.76. The van der Waals surface area contributed by atoms with E-state index in [1.807, 2.05) is 37.3 Å². The maximum Gasteiger partial charge on any atom is 0.240 e. The van der Waals surface area contributed by atoms with Crippen molar-refractivity contribution in [1.82, 2.24) is 4.72 Å². The largest absolute Gasteiger partial charge is 0.372 e. The lowest BCUT2D eigenvalue weighted by atomic mass is 9.91. The van der Waals surface area contributed by atoms with Crippen molar-refractivity contribution in [1.29, 1.82) is 0 Å². The molecule has 134 valence electrons. The second-order valence-corrected chi connectivity index (χ2v) is 7.59. The summed E-state index contributed by atoms with van der Waals surface area (Å²) in [7, 11) is -2.19. The lowest BCUT2D eigenvalue weighted by molar-refractivity contribution is -0.0133. The van der Waals surface area contributed by atoms with E-state index in [2.05, 4.69) is 4.72 Å². The van der Waals surface area contributed by atoms with Crippen molar-refractivity contribution >= 4 is 15.8 Å². The molecule has 2 aromatic rings. The Morgan fingerprint density at radius 2 is 1.80 bits per heavy atom. The molecule has 0 heterocycles. The molecule has 2 aromatic carbocycles. The van der Waals surface area contributed by atoms with Gasteiger partial charge in [0.15, 0.2) is 5.78 Å². The molecule has 0 bridgehead atoms. The van der Waals surface area contributed by atoms with Crippen LogP contribution in [0.15, 0.2) is 59.5 Å². The van der Waals surface area contributed by atoms with Crippen molar-refractivity contribution in [2.75, 3.05) is 13.7 Å². The summed E-state index contributed by atoms with van der Waals surface area (Å²) < 4.78 is 33.6. The van der Waals surface area contributed by atoms with Crippen LogP contribution in [0, 0.1) is 0 Å². The van der Waals surface area contributed by atoms with E-state index < -0.39 is 15.6 Å². The summed E-state index contributed by atoms with van der Waals surface area (Å²) in [5.74, 6) is -0.180. The van der Waals surface area contributed by atoms with E-state index in [0.29, 0.717) is 12.0 Å². The molecule has 0 saturated heterocycles. The number of sulfonamides is 1. The van der Waals surface area contributed by atoms with E-state index in [1.54, 1.807) is 19.2 Å². The molecular weight excluding hydrogens is 338 g/mol. The second-order valence-electron chi connectivity index (χ2n) is 5.83. The molecule has 6 heteroatoms. The number of rotatable bonds is 8. The van der Waals surface area contributed by atoms with Gasteiger partial charge in [-0.25, -0.2) is 13.1 Å². The number of ether oxygens (including phenoxy) is 1. The molecular formula is C19H23NO4S. The van der Waals surface area contributed by atoms with Crippen LogP contribution >= 0.6 is 0 Å². The van der Waals surface area contributed by atoms with Gasteiger partial charge in [-0.15, -0.1) is 0 Å². The molecule has 0 aliphatic heterocycles. The highest BCUT2D eigenvalue weighted by atomic mass is 32.2. The number of carbonyl (C=O) groups is 1. The fourth-order valence-electron chi connectivity index (χ4n) is 2.68. The molecule has 0 fully saturated rings. The van der Waals surface area contributed by atoms with Gasteiger partial charge in [0.1, 0.15) is 5.60 Å². The Kier molecular flexibility index (Phi) is 6.11. The quantitative estimate of drug-likeness (QED) is 0.733. The van der Waals surface area contributed by atoms with E-state index in [1.165, 1.54) is 19.1 Å². The summed E-state index contributed by atoms with van der Waals surface area (Å²) >= 11 is 0. The normalized spacial score (nSPS) is 14.0. The zero-order valence-electron chi connectivity index (χ0n) is 14.7. The molecule has 0 radical (unpaired) electrons. The monoisotopic (exact) mass is 361 g/mol. The first-order chi connectivity index (χ1) is 11.8. The molecule has 0 spiro atoms.